The van der Waals surface area contributed by atoms with Gasteiger partial charge in [0.2, 0.25) is 11.7 Å². The predicted octanol–water partition coefficient (Wildman–Crippen LogP) is 0.501. The summed E-state index contributed by atoms with van der Waals surface area (Å²) >= 11 is 0. The quantitative estimate of drug-likeness (QED) is 0.820. The molecule has 1 amide bonds. The van der Waals surface area contributed by atoms with E-state index in [9.17, 15) is 4.79 Å². The van der Waals surface area contributed by atoms with Crippen LogP contribution in [0.3, 0.4) is 0 Å². The van der Waals surface area contributed by atoms with Gasteiger partial charge in [-0.25, -0.2) is 0 Å². The number of ether oxygens (including phenoxy) is 3. The highest BCUT2D eigenvalue weighted by molar-refractivity contribution is 5.79. The first-order valence-electron chi connectivity index (χ1n) is 6.42. The zero-order valence-electron chi connectivity index (χ0n) is 11.9. The summed E-state index contributed by atoms with van der Waals surface area (Å²) in [6.07, 6.45) is 0. The van der Waals surface area contributed by atoms with Gasteiger partial charge in [0.1, 0.15) is 0 Å². The highest BCUT2D eigenvalue weighted by Crippen LogP contribution is 2.44. The van der Waals surface area contributed by atoms with Crippen molar-refractivity contribution in [2.24, 2.45) is 11.7 Å². The summed E-state index contributed by atoms with van der Waals surface area (Å²) in [6.45, 7) is 1.26. The summed E-state index contributed by atoms with van der Waals surface area (Å²) in [5, 5.41) is 3.19. The zero-order chi connectivity index (χ0) is 14.7. The van der Waals surface area contributed by atoms with E-state index in [4.69, 9.17) is 19.9 Å². The van der Waals surface area contributed by atoms with Gasteiger partial charge in [-0.05, 0) is 6.07 Å². The van der Waals surface area contributed by atoms with Crippen LogP contribution in [0.15, 0.2) is 12.1 Å². The first-order chi connectivity index (χ1) is 9.63. The van der Waals surface area contributed by atoms with Crippen LogP contribution in [0.1, 0.15) is 11.5 Å². The third-order valence-corrected chi connectivity index (χ3v) is 3.71. The third kappa shape index (κ3) is 2.38. The van der Waals surface area contributed by atoms with Crippen LogP contribution < -0.4 is 25.3 Å². The molecule has 110 valence electrons. The van der Waals surface area contributed by atoms with E-state index in [-0.39, 0.29) is 17.7 Å². The monoisotopic (exact) mass is 280 g/mol. The van der Waals surface area contributed by atoms with Crippen molar-refractivity contribution in [1.29, 1.82) is 0 Å². The average Bonchev–Trinajstić information content (AvgIpc) is 2.94. The van der Waals surface area contributed by atoms with Crippen LogP contribution in [0.4, 0.5) is 0 Å². The van der Waals surface area contributed by atoms with Crippen molar-refractivity contribution < 1.29 is 19.0 Å². The molecule has 2 atom stereocenters. The van der Waals surface area contributed by atoms with Gasteiger partial charge < -0.3 is 25.3 Å². The van der Waals surface area contributed by atoms with Crippen molar-refractivity contribution >= 4 is 5.91 Å². The lowest BCUT2D eigenvalue weighted by Crippen LogP contribution is -2.28. The molecule has 1 aliphatic rings. The molecule has 1 aromatic carbocycles. The molecule has 0 radical (unpaired) electrons. The lowest BCUT2D eigenvalue weighted by Gasteiger charge is -2.21. The molecule has 0 aliphatic carbocycles. The van der Waals surface area contributed by atoms with Crippen LogP contribution in [0.25, 0.3) is 0 Å². The molecular formula is C14H20N2O4. The molecule has 1 aliphatic heterocycles. The maximum Gasteiger partial charge on any atom is 0.222 e. The second kappa shape index (κ2) is 6.00. The minimum absolute atomic E-state index is 0.0257. The maximum atomic E-state index is 11.5. The van der Waals surface area contributed by atoms with E-state index in [0.29, 0.717) is 30.3 Å². The van der Waals surface area contributed by atoms with Crippen LogP contribution in [-0.2, 0) is 4.79 Å². The molecule has 1 heterocycles. The Kier molecular flexibility index (Phi) is 4.34. The van der Waals surface area contributed by atoms with Gasteiger partial charge in [-0.2, -0.15) is 0 Å². The Morgan fingerprint density at radius 2 is 1.85 bits per heavy atom. The highest BCUT2D eigenvalue weighted by Gasteiger charge is 2.35. The molecular weight excluding hydrogens is 260 g/mol. The highest BCUT2D eigenvalue weighted by atomic mass is 16.5. The van der Waals surface area contributed by atoms with E-state index in [1.54, 1.807) is 21.3 Å². The first kappa shape index (κ1) is 14.5. The van der Waals surface area contributed by atoms with Crippen LogP contribution in [0, 0.1) is 5.92 Å². The molecule has 3 N–H and O–H groups in total. The molecule has 20 heavy (non-hydrogen) atoms. The van der Waals surface area contributed by atoms with E-state index in [1.807, 2.05) is 12.1 Å². The van der Waals surface area contributed by atoms with Gasteiger partial charge in [-0.1, -0.05) is 6.07 Å². The number of methoxy groups -OCH3 is 3. The topological polar surface area (TPSA) is 82.8 Å². The van der Waals surface area contributed by atoms with E-state index in [0.717, 1.165) is 5.56 Å². The Morgan fingerprint density at radius 1 is 1.15 bits per heavy atom. The fraction of sp³-hybridized carbons (Fsp3) is 0.500. The number of hydrogen-bond donors (Lipinski definition) is 2. The third-order valence-electron chi connectivity index (χ3n) is 3.71. The number of hydrogen-bond acceptors (Lipinski definition) is 5. The molecule has 2 rings (SSSR count). The van der Waals surface area contributed by atoms with E-state index in [1.165, 1.54) is 0 Å². The molecule has 1 aromatic rings. The lowest BCUT2D eigenvalue weighted by atomic mass is 9.87. The Bertz CT molecular complexity index is 504. The smallest absolute Gasteiger partial charge is 0.222 e. The summed E-state index contributed by atoms with van der Waals surface area (Å²) in [6, 6.07) is 3.71. The summed E-state index contributed by atoms with van der Waals surface area (Å²) in [5.41, 5.74) is 6.37. The molecule has 0 saturated carbocycles. The van der Waals surface area contributed by atoms with Crippen LogP contribution in [0.2, 0.25) is 0 Å². The summed E-state index contributed by atoms with van der Waals surface area (Å²) in [4.78, 5) is 11.5. The van der Waals surface area contributed by atoms with Crippen molar-refractivity contribution in [3.63, 3.8) is 0 Å². The van der Waals surface area contributed by atoms with E-state index < -0.39 is 0 Å². The molecule has 1 fully saturated rings. The second-order valence-electron chi connectivity index (χ2n) is 4.70. The molecule has 2 unspecified atom stereocenters. The Morgan fingerprint density at radius 3 is 2.40 bits per heavy atom. The fourth-order valence-electron chi connectivity index (χ4n) is 2.72. The minimum atomic E-state index is -0.308. The number of rotatable bonds is 5. The number of nitrogens with one attached hydrogen (secondary N) is 1. The Balaban J connectivity index is 2.48. The van der Waals surface area contributed by atoms with Crippen molar-refractivity contribution in [2.45, 2.75) is 5.92 Å². The summed E-state index contributed by atoms with van der Waals surface area (Å²) in [5.74, 6) is 1.13. The van der Waals surface area contributed by atoms with Gasteiger partial charge in [0.25, 0.3) is 0 Å². The number of primary amides is 1. The standard InChI is InChI=1S/C14H20N2O4/c1-18-11-5-4-8(12(19-2)13(11)20-3)9-6-16-7-10(9)14(15)17/h4-5,9-10,16H,6-7H2,1-3H3,(H2,15,17). The molecule has 0 bridgehead atoms. The van der Waals surface area contributed by atoms with Crippen molar-refractivity contribution in [2.75, 3.05) is 34.4 Å². The number of benzene rings is 1. The summed E-state index contributed by atoms with van der Waals surface area (Å²) < 4.78 is 16.1. The first-order valence-corrected chi connectivity index (χ1v) is 6.42. The van der Waals surface area contributed by atoms with Crippen LogP contribution in [-0.4, -0.2) is 40.3 Å². The SMILES string of the molecule is COc1ccc(C2CNCC2C(N)=O)c(OC)c1OC. The number of carbonyl (C=O) groups is 1. The van der Waals surface area contributed by atoms with Gasteiger partial charge in [0, 0.05) is 24.6 Å². The molecule has 6 heteroatoms. The largest absolute Gasteiger partial charge is 0.493 e. The van der Waals surface area contributed by atoms with Gasteiger partial charge in [-0.3, -0.25) is 4.79 Å². The zero-order valence-corrected chi connectivity index (χ0v) is 11.9. The number of carbonyl (C=O) groups excluding carboxylic acids is 1. The van der Waals surface area contributed by atoms with Crippen molar-refractivity contribution in [1.82, 2.24) is 5.32 Å². The number of nitrogens with two attached hydrogens (primary N) is 1. The van der Waals surface area contributed by atoms with E-state index in [2.05, 4.69) is 5.32 Å². The van der Waals surface area contributed by atoms with E-state index >= 15 is 0 Å². The normalized spacial score (nSPS) is 21.6. The average molecular weight is 280 g/mol. The Labute approximate surface area is 118 Å². The molecule has 0 aromatic heterocycles. The Hall–Kier alpha value is -1.95. The van der Waals surface area contributed by atoms with Gasteiger partial charge in [0.05, 0.1) is 27.2 Å². The van der Waals surface area contributed by atoms with Crippen molar-refractivity contribution in [3.8, 4) is 17.2 Å². The van der Waals surface area contributed by atoms with Gasteiger partial charge in [-0.15, -0.1) is 0 Å². The van der Waals surface area contributed by atoms with Crippen molar-refractivity contribution in [3.05, 3.63) is 17.7 Å². The molecule has 6 nitrogen and oxygen atoms in total. The lowest BCUT2D eigenvalue weighted by molar-refractivity contribution is -0.121. The molecule has 1 saturated heterocycles. The summed E-state index contributed by atoms with van der Waals surface area (Å²) in [7, 11) is 4.70. The van der Waals surface area contributed by atoms with Crippen LogP contribution >= 0.6 is 0 Å². The number of amides is 1. The second-order valence-corrected chi connectivity index (χ2v) is 4.70. The minimum Gasteiger partial charge on any atom is -0.493 e. The fourth-order valence-corrected chi connectivity index (χ4v) is 2.72. The predicted molar refractivity (Wildman–Crippen MR) is 74.4 cm³/mol. The maximum absolute atomic E-state index is 11.5. The van der Waals surface area contributed by atoms with Crippen LogP contribution in [0.5, 0.6) is 17.2 Å². The molecule has 0 spiro atoms. The van der Waals surface area contributed by atoms with Gasteiger partial charge >= 0.3 is 0 Å². The van der Waals surface area contributed by atoms with Gasteiger partial charge in [0.15, 0.2) is 11.5 Å².